The fraction of sp³-hybridized carbons (Fsp3) is 0.929. The van der Waals surface area contributed by atoms with Crippen LogP contribution in [0.2, 0.25) is 0 Å². The Morgan fingerprint density at radius 3 is 2.63 bits per heavy atom. The summed E-state index contributed by atoms with van der Waals surface area (Å²) >= 11 is 0. The summed E-state index contributed by atoms with van der Waals surface area (Å²) in [6, 6.07) is 0.581. The minimum absolute atomic E-state index is 0. The van der Waals surface area contributed by atoms with E-state index in [1.807, 2.05) is 0 Å². The van der Waals surface area contributed by atoms with Gasteiger partial charge in [-0.05, 0) is 51.7 Å². The quantitative estimate of drug-likeness (QED) is 0.852. The van der Waals surface area contributed by atoms with Gasteiger partial charge in [0.05, 0.1) is 6.54 Å². The van der Waals surface area contributed by atoms with Crippen molar-refractivity contribution in [1.29, 1.82) is 0 Å². The summed E-state index contributed by atoms with van der Waals surface area (Å²) in [5, 5.41) is 3.37. The van der Waals surface area contributed by atoms with Gasteiger partial charge in [0.1, 0.15) is 0 Å². The third-order valence-electron chi connectivity index (χ3n) is 4.33. The molecule has 0 bridgehead atoms. The molecule has 19 heavy (non-hydrogen) atoms. The summed E-state index contributed by atoms with van der Waals surface area (Å²) in [5.41, 5.74) is 0. The molecule has 2 saturated heterocycles. The van der Waals surface area contributed by atoms with E-state index in [-0.39, 0.29) is 12.4 Å². The van der Waals surface area contributed by atoms with Gasteiger partial charge in [-0.2, -0.15) is 0 Å². The summed E-state index contributed by atoms with van der Waals surface area (Å²) in [4.78, 5) is 16.6. The van der Waals surface area contributed by atoms with Gasteiger partial charge in [0.15, 0.2) is 0 Å². The lowest BCUT2D eigenvalue weighted by Crippen LogP contribution is -2.48. The number of likely N-dealkylation sites (tertiary alicyclic amines) is 1. The SMILES string of the molecule is CC1CCCN(C(=O)CN(C)C2CCNCC2)C1.Cl. The predicted molar refractivity (Wildman–Crippen MR) is 80.7 cm³/mol. The van der Waals surface area contributed by atoms with Crippen molar-refractivity contribution in [2.75, 3.05) is 39.8 Å². The number of hydrogen-bond acceptors (Lipinski definition) is 3. The number of rotatable bonds is 3. The number of likely N-dealkylation sites (N-methyl/N-ethyl adjacent to an activating group) is 1. The highest BCUT2D eigenvalue weighted by Gasteiger charge is 2.24. The second-order valence-corrected chi connectivity index (χ2v) is 5.98. The van der Waals surface area contributed by atoms with E-state index >= 15 is 0 Å². The van der Waals surface area contributed by atoms with Crippen LogP contribution in [0.25, 0.3) is 0 Å². The van der Waals surface area contributed by atoms with Gasteiger partial charge in [0.25, 0.3) is 0 Å². The minimum atomic E-state index is 0. The van der Waals surface area contributed by atoms with Crippen molar-refractivity contribution < 1.29 is 4.79 Å². The van der Waals surface area contributed by atoms with Crippen LogP contribution in [0.4, 0.5) is 0 Å². The van der Waals surface area contributed by atoms with E-state index < -0.39 is 0 Å². The first-order valence-electron chi connectivity index (χ1n) is 7.35. The van der Waals surface area contributed by atoms with Crippen LogP contribution >= 0.6 is 12.4 Å². The lowest BCUT2D eigenvalue weighted by Gasteiger charge is -2.35. The fourth-order valence-corrected chi connectivity index (χ4v) is 3.11. The minimum Gasteiger partial charge on any atom is -0.341 e. The number of carbonyl (C=O) groups excluding carboxylic acids is 1. The number of amides is 1. The van der Waals surface area contributed by atoms with Crippen molar-refractivity contribution in [1.82, 2.24) is 15.1 Å². The van der Waals surface area contributed by atoms with Crippen LogP contribution in [0.1, 0.15) is 32.6 Å². The lowest BCUT2D eigenvalue weighted by molar-refractivity contribution is -0.134. The average Bonchev–Trinajstić information content (AvgIpc) is 2.39. The van der Waals surface area contributed by atoms with Gasteiger partial charge in [-0.15, -0.1) is 12.4 Å². The zero-order valence-corrected chi connectivity index (χ0v) is 13.0. The van der Waals surface area contributed by atoms with Crippen molar-refractivity contribution in [3.8, 4) is 0 Å². The molecule has 1 atom stereocenters. The largest absolute Gasteiger partial charge is 0.341 e. The molecule has 0 spiro atoms. The first kappa shape index (κ1) is 16.7. The van der Waals surface area contributed by atoms with Crippen molar-refractivity contribution in [3.63, 3.8) is 0 Å². The molecule has 2 aliphatic rings. The Balaban J connectivity index is 0.00000180. The van der Waals surface area contributed by atoms with Crippen LogP contribution in [0.5, 0.6) is 0 Å². The molecule has 0 aromatic rings. The maximum absolute atomic E-state index is 12.3. The summed E-state index contributed by atoms with van der Waals surface area (Å²) < 4.78 is 0. The van der Waals surface area contributed by atoms with Crippen LogP contribution in [-0.2, 0) is 4.79 Å². The maximum Gasteiger partial charge on any atom is 0.236 e. The molecule has 0 aromatic heterocycles. The number of piperidine rings is 2. The van der Waals surface area contributed by atoms with E-state index in [0.717, 1.165) is 26.2 Å². The van der Waals surface area contributed by atoms with Gasteiger partial charge in [-0.25, -0.2) is 0 Å². The molecule has 0 radical (unpaired) electrons. The standard InChI is InChI=1S/C14H27N3O.ClH/c1-12-4-3-9-17(10-12)14(18)11-16(2)13-5-7-15-8-6-13;/h12-13,15H,3-11H2,1-2H3;1H. The summed E-state index contributed by atoms with van der Waals surface area (Å²) in [7, 11) is 2.10. The molecule has 2 fully saturated rings. The lowest BCUT2D eigenvalue weighted by atomic mass is 10.00. The molecular formula is C14H28ClN3O. The average molecular weight is 290 g/mol. The predicted octanol–water partition coefficient (Wildman–Crippen LogP) is 1.35. The molecule has 112 valence electrons. The van der Waals surface area contributed by atoms with Gasteiger partial charge in [0, 0.05) is 19.1 Å². The Morgan fingerprint density at radius 1 is 1.32 bits per heavy atom. The maximum atomic E-state index is 12.3. The summed E-state index contributed by atoms with van der Waals surface area (Å²) in [6.45, 7) is 6.93. The summed E-state index contributed by atoms with van der Waals surface area (Å²) in [5.74, 6) is 0.995. The Kier molecular flexibility index (Phi) is 7.11. The molecule has 0 aromatic carbocycles. The van der Waals surface area contributed by atoms with Gasteiger partial charge in [-0.1, -0.05) is 6.92 Å². The van der Waals surface area contributed by atoms with Crippen LogP contribution in [-0.4, -0.2) is 61.5 Å². The number of halogens is 1. The third kappa shape index (κ3) is 4.93. The van der Waals surface area contributed by atoms with E-state index in [0.29, 0.717) is 24.4 Å². The topological polar surface area (TPSA) is 35.6 Å². The Morgan fingerprint density at radius 2 is 2.00 bits per heavy atom. The van der Waals surface area contributed by atoms with Crippen molar-refractivity contribution >= 4 is 18.3 Å². The molecule has 5 heteroatoms. The van der Waals surface area contributed by atoms with E-state index in [2.05, 4.69) is 29.1 Å². The molecule has 1 amide bonds. The highest BCUT2D eigenvalue weighted by Crippen LogP contribution is 2.16. The number of carbonyl (C=O) groups is 1. The summed E-state index contributed by atoms with van der Waals surface area (Å²) in [6.07, 6.45) is 4.78. The number of nitrogens with one attached hydrogen (secondary N) is 1. The Bertz CT molecular complexity index is 282. The third-order valence-corrected chi connectivity index (χ3v) is 4.33. The Hall–Kier alpha value is -0.320. The highest BCUT2D eigenvalue weighted by molar-refractivity contribution is 5.85. The normalized spacial score (nSPS) is 25.2. The molecule has 1 unspecified atom stereocenters. The monoisotopic (exact) mass is 289 g/mol. The molecule has 4 nitrogen and oxygen atoms in total. The highest BCUT2D eigenvalue weighted by atomic mass is 35.5. The fourth-order valence-electron chi connectivity index (χ4n) is 3.11. The van der Waals surface area contributed by atoms with E-state index in [1.165, 1.54) is 25.7 Å². The number of hydrogen-bond donors (Lipinski definition) is 1. The van der Waals surface area contributed by atoms with Crippen LogP contribution in [0.15, 0.2) is 0 Å². The van der Waals surface area contributed by atoms with Crippen LogP contribution in [0, 0.1) is 5.92 Å². The van der Waals surface area contributed by atoms with E-state index in [1.54, 1.807) is 0 Å². The first-order chi connectivity index (χ1) is 8.66. The van der Waals surface area contributed by atoms with Gasteiger partial charge in [0.2, 0.25) is 5.91 Å². The van der Waals surface area contributed by atoms with Gasteiger partial charge < -0.3 is 10.2 Å². The zero-order valence-electron chi connectivity index (χ0n) is 12.2. The van der Waals surface area contributed by atoms with Crippen molar-refractivity contribution in [3.05, 3.63) is 0 Å². The molecule has 0 saturated carbocycles. The second-order valence-electron chi connectivity index (χ2n) is 5.98. The molecular weight excluding hydrogens is 262 g/mol. The molecule has 2 heterocycles. The second kappa shape index (κ2) is 8.08. The van der Waals surface area contributed by atoms with Gasteiger partial charge in [-0.3, -0.25) is 9.69 Å². The molecule has 2 aliphatic heterocycles. The van der Waals surface area contributed by atoms with Crippen LogP contribution in [0.3, 0.4) is 0 Å². The zero-order chi connectivity index (χ0) is 13.0. The molecule has 0 aliphatic carbocycles. The first-order valence-corrected chi connectivity index (χ1v) is 7.35. The van der Waals surface area contributed by atoms with Crippen molar-refractivity contribution in [2.45, 2.75) is 38.6 Å². The van der Waals surface area contributed by atoms with Crippen LogP contribution < -0.4 is 5.32 Å². The van der Waals surface area contributed by atoms with Gasteiger partial charge >= 0.3 is 0 Å². The smallest absolute Gasteiger partial charge is 0.236 e. The molecule has 1 N–H and O–H groups in total. The number of nitrogens with zero attached hydrogens (tertiary/aromatic N) is 2. The van der Waals surface area contributed by atoms with E-state index in [4.69, 9.17) is 0 Å². The molecule has 2 rings (SSSR count). The van der Waals surface area contributed by atoms with E-state index in [9.17, 15) is 4.79 Å². The van der Waals surface area contributed by atoms with Crippen molar-refractivity contribution in [2.24, 2.45) is 5.92 Å². The Labute approximate surface area is 123 Å².